The fourth-order valence-electron chi connectivity index (χ4n) is 5.01. The summed E-state index contributed by atoms with van der Waals surface area (Å²) in [6.45, 7) is 5.34. The molecule has 0 saturated carbocycles. The maximum atomic E-state index is 5.93. The molecule has 39 heavy (non-hydrogen) atoms. The van der Waals surface area contributed by atoms with E-state index in [0.717, 1.165) is 35.7 Å². The van der Waals surface area contributed by atoms with Crippen molar-refractivity contribution in [1.29, 1.82) is 0 Å². The van der Waals surface area contributed by atoms with Gasteiger partial charge in [-0.25, -0.2) is 9.97 Å². The van der Waals surface area contributed by atoms with Crippen molar-refractivity contribution in [3.8, 4) is 27.6 Å². The Morgan fingerprint density at radius 3 is 1.69 bits per heavy atom. The third-order valence-electron chi connectivity index (χ3n) is 7.50. The third-order valence-corrected chi connectivity index (χ3v) is 8.70. The molecule has 1 aromatic carbocycles. The van der Waals surface area contributed by atoms with Gasteiger partial charge in [0.05, 0.1) is 6.61 Å². The highest BCUT2D eigenvalue weighted by molar-refractivity contribution is 7.15. The molecule has 0 N–H and O–H groups in total. The molecule has 0 aliphatic rings. The summed E-state index contributed by atoms with van der Waals surface area (Å²) in [7, 11) is 0. The first-order valence-corrected chi connectivity index (χ1v) is 16.8. The van der Waals surface area contributed by atoms with Gasteiger partial charge in [-0.15, -0.1) is 11.3 Å². The van der Waals surface area contributed by atoms with Crippen LogP contribution in [-0.4, -0.2) is 16.6 Å². The Hall–Kier alpha value is -2.20. The predicted octanol–water partition coefficient (Wildman–Crippen LogP) is 11.5. The van der Waals surface area contributed by atoms with Gasteiger partial charge >= 0.3 is 0 Å². The van der Waals surface area contributed by atoms with Gasteiger partial charge in [-0.3, -0.25) is 0 Å². The van der Waals surface area contributed by atoms with Crippen LogP contribution < -0.4 is 4.74 Å². The summed E-state index contributed by atoms with van der Waals surface area (Å²) in [5.74, 6) is 1.69. The van der Waals surface area contributed by atoms with Crippen LogP contribution in [-0.2, 0) is 6.42 Å². The zero-order valence-electron chi connectivity index (χ0n) is 24.8. The van der Waals surface area contributed by atoms with Crippen molar-refractivity contribution in [2.24, 2.45) is 0 Å². The van der Waals surface area contributed by atoms with E-state index in [2.05, 4.69) is 48.1 Å². The molecule has 214 valence electrons. The lowest BCUT2D eigenvalue weighted by molar-refractivity contribution is 0.304. The Labute approximate surface area is 242 Å². The van der Waals surface area contributed by atoms with Gasteiger partial charge in [0.25, 0.3) is 0 Å². The second-order valence-electron chi connectivity index (χ2n) is 11.0. The molecule has 4 heteroatoms. The number of aryl methyl sites for hydroxylation is 1. The summed E-state index contributed by atoms with van der Waals surface area (Å²) in [5, 5.41) is 0. The minimum Gasteiger partial charge on any atom is -0.494 e. The minimum atomic E-state index is 0.763. The minimum absolute atomic E-state index is 0.763. The van der Waals surface area contributed by atoms with Crippen LogP contribution in [0.15, 0.2) is 48.8 Å². The van der Waals surface area contributed by atoms with Gasteiger partial charge in [-0.2, -0.15) is 0 Å². The predicted molar refractivity (Wildman–Crippen MR) is 170 cm³/mol. The first kappa shape index (κ1) is 31.3. The van der Waals surface area contributed by atoms with Crippen LogP contribution >= 0.6 is 11.3 Å². The standard InChI is InChI=1S/C35H52N2OS/c1-3-5-7-9-11-12-13-14-16-18-20-33-25-26-34(39-33)31-28-36-35(37-29-31)30-21-23-32(24-22-30)38-27-19-17-15-10-8-6-4-2/h21-26,28-29H,3-20,27H2,1-2H3. The van der Waals surface area contributed by atoms with Crippen LogP contribution in [0.1, 0.15) is 128 Å². The summed E-state index contributed by atoms with van der Waals surface area (Å²) in [6.07, 6.45) is 28.1. The van der Waals surface area contributed by atoms with Crippen LogP contribution in [0.4, 0.5) is 0 Å². The lowest BCUT2D eigenvalue weighted by Gasteiger charge is -2.07. The van der Waals surface area contributed by atoms with Gasteiger partial charge in [0.15, 0.2) is 5.82 Å². The molecule has 2 aromatic heterocycles. The monoisotopic (exact) mass is 548 g/mol. The molecule has 3 aromatic rings. The number of hydrogen-bond acceptors (Lipinski definition) is 4. The highest BCUT2D eigenvalue weighted by Gasteiger charge is 2.07. The summed E-state index contributed by atoms with van der Waals surface area (Å²) in [4.78, 5) is 12.1. The van der Waals surface area contributed by atoms with Crippen LogP contribution in [0.2, 0.25) is 0 Å². The molecule has 0 fully saturated rings. The maximum Gasteiger partial charge on any atom is 0.159 e. The Balaban J connectivity index is 1.33. The third kappa shape index (κ3) is 12.7. The summed E-state index contributed by atoms with van der Waals surface area (Å²) in [5.41, 5.74) is 2.13. The number of unbranched alkanes of at least 4 members (excludes halogenated alkanes) is 15. The molecule has 3 nitrogen and oxygen atoms in total. The van der Waals surface area contributed by atoms with Gasteiger partial charge in [0, 0.05) is 33.3 Å². The molecule has 0 bridgehead atoms. The molecule has 0 aliphatic carbocycles. The topological polar surface area (TPSA) is 35.0 Å². The molecule has 0 spiro atoms. The molecular formula is C35H52N2OS. The number of benzene rings is 1. The van der Waals surface area contributed by atoms with Crippen molar-refractivity contribution < 1.29 is 4.74 Å². The van der Waals surface area contributed by atoms with E-state index in [4.69, 9.17) is 4.74 Å². The van der Waals surface area contributed by atoms with Crippen molar-refractivity contribution in [1.82, 2.24) is 9.97 Å². The highest BCUT2D eigenvalue weighted by atomic mass is 32.1. The van der Waals surface area contributed by atoms with Crippen molar-refractivity contribution in [3.63, 3.8) is 0 Å². The summed E-state index contributed by atoms with van der Waals surface area (Å²) in [6, 6.07) is 12.7. The number of rotatable bonds is 22. The van der Waals surface area contributed by atoms with E-state index in [9.17, 15) is 0 Å². The van der Waals surface area contributed by atoms with E-state index in [1.54, 1.807) is 0 Å². The Bertz CT molecular complexity index is 996. The molecule has 0 amide bonds. The average molecular weight is 549 g/mol. The summed E-state index contributed by atoms with van der Waals surface area (Å²) < 4.78 is 5.93. The fraction of sp³-hybridized carbons (Fsp3) is 0.600. The normalized spacial score (nSPS) is 11.2. The van der Waals surface area contributed by atoms with E-state index >= 15 is 0 Å². The molecule has 0 radical (unpaired) electrons. The zero-order valence-corrected chi connectivity index (χ0v) is 25.6. The number of thiophene rings is 1. The second-order valence-corrected chi connectivity index (χ2v) is 12.2. The van der Waals surface area contributed by atoms with Crippen LogP contribution in [0.3, 0.4) is 0 Å². The molecule has 3 rings (SSSR count). The van der Waals surface area contributed by atoms with E-state index < -0.39 is 0 Å². The van der Waals surface area contributed by atoms with Crippen LogP contribution in [0.5, 0.6) is 5.75 Å². The zero-order chi connectivity index (χ0) is 27.4. The maximum absolute atomic E-state index is 5.93. The Morgan fingerprint density at radius 2 is 1.10 bits per heavy atom. The molecule has 0 atom stereocenters. The largest absolute Gasteiger partial charge is 0.494 e. The van der Waals surface area contributed by atoms with Crippen LogP contribution in [0, 0.1) is 0 Å². The number of nitrogens with zero attached hydrogens (tertiary/aromatic N) is 2. The summed E-state index contributed by atoms with van der Waals surface area (Å²) >= 11 is 1.89. The molecular weight excluding hydrogens is 496 g/mol. The van der Waals surface area contributed by atoms with Gasteiger partial charge in [0.1, 0.15) is 5.75 Å². The van der Waals surface area contributed by atoms with Gasteiger partial charge < -0.3 is 4.74 Å². The van der Waals surface area contributed by atoms with Crippen LogP contribution in [0.25, 0.3) is 21.8 Å². The quantitative estimate of drug-likeness (QED) is 0.117. The first-order chi connectivity index (χ1) is 19.3. The van der Waals surface area contributed by atoms with Gasteiger partial charge in [-0.05, 0) is 55.7 Å². The average Bonchev–Trinajstić information content (AvgIpc) is 3.45. The highest BCUT2D eigenvalue weighted by Crippen LogP contribution is 2.29. The van der Waals surface area contributed by atoms with Gasteiger partial charge in [-0.1, -0.05) is 110 Å². The van der Waals surface area contributed by atoms with E-state index in [1.165, 1.54) is 119 Å². The number of hydrogen-bond donors (Lipinski definition) is 0. The number of ether oxygens (including phenoxy) is 1. The Morgan fingerprint density at radius 1 is 0.564 bits per heavy atom. The van der Waals surface area contributed by atoms with E-state index in [-0.39, 0.29) is 0 Å². The van der Waals surface area contributed by atoms with E-state index in [1.807, 2.05) is 35.9 Å². The first-order valence-electron chi connectivity index (χ1n) is 15.9. The molecule has 0 unspecified atom stereocenters. The van der Waals surface area contributed by atoms with E-state index in [0.29, 0.717) is 0 Å². The SMILES string of the molecule is CCCCCCCCCCCCc1ccc(-c2cnc(-c3ccc(OCCCCCCCCC)cc3)nc2)s1. The second kappa shape index (κ2) is 19.8. The smallest absolute Gasteiger partial charge is 0.159 e. The lowest BCUT2D eigenvalue weighted by atomic mass is 10.1. The molecule has 0 aliphatic heterocycles. The lowest BCUT2D eigenvalue weighted by Crippen LogP contribution is -1.97. The molecule has 2 heterocycles. The van der Waals surface area contributed by atoms with Crippen molar-refractivity contribution in [3.05, 3.63) is 53.7 Å². The molecule has 0 saturated heterocycles. The number of aromatic nitrogens is 2. The van der Waals surface area contributed by atoms with Crippen molar-refractivity contribution in [2.75, 3.05) is 6.61 Å². The van der Waals surface area contributed by atoms with Crippen molar-refractivity contribution in [2.45, 2.75) is 129 Å². The van der Waals surface area contributed by atoms with Gasteiger partial charge in [0.2, 0.25) is 0 Å². The Kier molecular flexibility index (Phi) is 15.9. The van der Waals surface area contributed by atoms with Crippen molar-refractivity contribution >= 4 is 11.3 Å². The fourth-order valence-corrected chi connectivity index (χ4v) is 6.03.